The van der Waals surface area contributed by atoms with Gasteiger partial charge in [-0.2, -0.15) is 0 Å². The van der Waals surface area contributed by atoms with E-state index in [1.54, 1.807) is 27.9 Å². The van der Waals surface area contributed by atoms with Crippen LogP contribution in [0.5, 0.6) is 0 Å². The van der Waals surface area contributed by atoms with Crippen molar-refractivity contribution in [3.05, 3.63) is 0 Å². The van der Waals surface area contributed by atoms with E-state index >= 15 is 0 Å². The van der Waals surface area contributed by atoms with Gasteiger partial charge in [0.15, 0.2) is 0 Å². The fourth-order valence-corrected chi connectivity index (χ4v) is 1.23. The average molecular weight is 229 g/mol. The largest absolute Gasteiger partial charge is 0.347 e. The van der Waals surface area contributed by atoms with Crippen LogP contribution in [0.1, 0.15) is 27.2 Å². The maximum absolute atomic E-state index is 11.9. The number of likely N-dealkylation sites (N-methyl/N-ethyl adjacent to an activating group) is 1. The summed E-state index contributed by atoms with van der Waals surface area (Å²) in [4.78, 5) is 26.5. The monoisotopic (exact) mass is 229 g/mol. The van der Waals surface area contributed by atoms with Gasteiger partial charge < -0.3 is 15.5 Å². The van der Waals surface area contributed by atoms with Crippen molar-refractivity contribution in [3.63, 3.8) is 0 Å². The molecule has 0 radical (unpaired) electrons. The minimum absolute atomic E-state index is 0.0916. The molecule has 16 heavy (non-hydrogen) atoms. The summed E-state index contributed by atoms with van der Waals surface area (Å²) in [7, 11) is 3.34. The smallest absolute Gasteiger partial charge is 0.242 e. The lowest BCUT2D eigenvalue weighted by atomic mass is 10.1. The Morgan fingerprint density at radius 2 is 1.75 bits per heavy atom. The van der Waals surface area contributed by atoms with E-state index in [0.717, 1.165) is 6.42 Å². The lowest BCUT2D eigenvalue weighted by Crippen LogP contribution is -2.53. The van der Waals surface area contributed by atoms with Crippen LogP contribution in [0, 0.1) is 0 Å². The highest BCUT2D eigenvalue weighted by Gasteiger charge is 2.28. The molecule has 0 aliphatic rings. The molecule has 0 aromatic rings. The molecule has 0 atom stereocenters. The minimum atomic E-state index is -0.929. The number of hydrogen-bond donors (Lipinski definition) is 1. The molecule has 0 aliphatic carbocycles. The minimum Gasteiger partial charge on any atom is -0.347 e. The van der Waals surface area contributed by atoms with Crippen molar-refractivity contribution in [2.45, 2.75) is 32.7 Å². The van der Waals surface area contributed by atoms with Crippen LogP contribution in [0.15, 0.2) is 0 Å². The first kappa shape index (κ1) is 14.9. The summed E-state index contributed by atoms with van der Waals surface area (Å²) in [5.74, 6) is -0.282. The fourth-order valence-electron chi connectivity index (χ4n) is 1.23. The van der Waals surface area contributed by atoms with Crippen LogP contribution >= 0.6 is 0 Å². The summed E-state index contributed by atoms with van der Waals surface area (Å²) in [5, 5.41) is 0. The van der Waals surface area contributed by atoms with Crippen molar-refractivity contribution in [2.24, 2.45) is 5.73 Å². The molecule has 5 heteroatoms. The molecule has 2 N–H and O–H groups in total. The molecule has 0 aromatic carbocycles. The summed E-state index contributed by atoms with van der Waals surface area (Å²) in [5.41, 5.74) is 4.82. The Kier molecular flexibility index (Phi) is 5.44. The van der Waals surface area contributed by atoms with Crippen LogP contribution in [0.25, 0.3) is 0 Å². The van der Waals surface area contributed by atoms with E-state index in [9.17, 15) is 9.59 Å². The highest BCUT2D eigenvalue weighted by molar-refractivity contribution is 5.89. The molecular formula is C11H23N3O2. The number of rotatable bonds is 5. The fraction of sp³-hybridized carbons (Fsp3) is 0.818. The normalized spacial score (nSPS) is 11.1. The molecule has 0 aromatic heterocycles. The van der Waals surface area contributed by atoms with Gasteiger partial charge >= 0.3 is 0 Å². The molecule has 0 unspecified atom stereocenters. The SMILES string of the molecule is CCCN(CC(=O)N(C)C)C(=O)C(C)(C)N. The number of amides is 2. The van der Waals surface area contributed by atoms with Gasteiger partial charge in [0.25, 0.3) is 0 Å². The lowest BCUT2D eigenvalue weighted by Gasteiger charge is -2.29. The highest BCUT2D eigenvalue weighted by Crippen LogP contribution is 2.05. The van der Waals surface area contributed by atoms with Crippen LogP contribution in [0.4, 0.5) is 0 Å². The van der Waals surface area contributed by atoms with E-state index in [1.165, 1.54) is 9.80 Å². The Bertz CT molecular complexity index is 256. The van der Waals surface area contributed by atoms with Gasteiger partial charge in [-0.15, -0.1) is 0 Å². The molecule has 94 valence electrons. The van der Waals surface area contributed by atoms with Crippen LogP contribution in [-0.2, 0) is 9.59 Å². The maximum atomic E-state index is 11.9. The van der Waals surface area contributed by atoms with Gasteiger partial charge in [-0.1, -0.05) is 6.92 Å². The summed E-state index contributed by atoms with van der Waals surface area (Å²) in [6, 6.07) is 0. The number of carbonyl (C=O) groups excluding carboxylic acids is 2. The number of nitrogens with two attached hydrogens (primary N) is 1. The standard InChI is InChI=1S/C11H23N3O2/c1-6-7-14(8-9(15)13(4)5)10(16)11(2,3)12/h6-8,12H2,1-5H3. The van der Waals surface area contributed by atoms with Crippen molar-refractivity contribution in [2.75, 3.05) is 27.2 Å². The summed E-state index contributed by atoms with van der Waals surface area (Å²) in [6.45, 7) is 5.92. The molecular weight excluding hydrogens is 206 g/mol. The first-order valence-electron chi connectivity index (χ1n) is 5.48. The van der Waals surface area contributed by atoms with Gasteiger partial charge in [-0.25, -0.2) is 0 Å². The Balaban J connectivity index is 4.62. The van der Waals surface area contributed by atoms with Crippen molar-refractivity contribution in [3.8, 4) is 0 Å². The van der Waals surface area contributed by atoms with Gasteiger partial charge in [-0.05, 0) is 20.3 Å². The first-order valence-corrected chi connectivity index (χ1v) is 5.48. The van der Waals surface area contributed by atoms with E-state index in [4.69, 9.17) is 5.73 Å². The molecule has 0 saturated heterocycles. The number of carbonyl (C=O) groups is 2. The van der Waals surface area contributed by atoms with Crippen molar-refractivity contribution in [1.82, 2.24) is 9.80 Å². The molecule has 0 fully saturated rings. The van der Waals surface area contributed by atoms with Gasteiger partial charge in [0, 0.05) is 20.6 Å². The van der Waals surface area contributed by atoms with E-state index in [0.29, 0.717) is 6.54 Å². The second-order valence-corrected chi connectivity index (χ2v) is 4.74. The van der Waals surface area contributed by atoms with Gasteiger partial charge in [0.1, 0.15) is 0 Å². The third kappa shape index (κ3) is 4.61. The molecule has 0 spiro atoms. The first-order chi connectivity index (χ1) is 7.20. The predicted octanol–water partition coefficient (Wildman–Crippen LogP) is 0.0505. The number of hydrogen-bond acceptors (Lipinski definition) is 3. The van der Waals surface area contributed by atoms with Crippen molar-refractivity contribution in [1.29, 1.82) is 0 Å². The zero-order chi connectivity index (χ0) is 12.9. The third-order valence-electron chi connectivity index (χ3n) is 2.16. The molecule has 0 heterocycles. The molecule has 5 nitrogen and oxygen atoms in total. The van der Waals surface area contributed by atoms with E-state index in [1.807, 2.05) is 6.92 Å². The van der Waals surface area contributed by atoms with Gasteiger partial charge in [0.2, 0.25) is 11.8 Å². The van der Waals surface area contributed by atoms with Crippen LogP contribution in [0.3, 0.4) is 0 Å². The Labute approximate surface area is 97.6 Å². The summed E-state index contributed by atoms with van der Waals surface area (Å²) < 4.78 is 0. The van der Waals surface area contributed by atoms with E-state index in [-0.39, 0.29) is 18.4 Å². The Hall–Kier alpha value is -1.10. The summed E-state index contributed by atoms with van der Waals surface area (Å²) >= 11 is 0. The van der Waals surface area contributed by atoms with Crippen LogP contribution in [-0.4, -0.2) is 54.3 Å². The molecule has 0 rings (SSSR count). The summed E-state index contributed by atoms with van der Waals surface area (Å²) in [6.07, 6.45) is 0.808. The van der Waals surface area contributed by atoms with Crippen molar-refractivity contribution >= 4 is 11.8 Å². The maximum Gasteiger partial charge on any atom is 0.242 e. The average Bonchev–Trinajstić information content (AvgIpc) is 2.14. The molecule has 0 bridgehead atoms. The Morgan fingerprint density at radius 3 is 2.06 bits per heavy atom. The van der Waals surface area contributed by atoms with Crippen LogP contribution in [0.2, 0.25) is 0 Å². The van der Waals surface area contributed by atoms with Crippen LogP contribution < -0.4 is 5.73 Å². The van der Waals surface area contributed by atoms with Gasteiger partial charge in [0.05, 0.1) is 12.1 Å². The van der Waals surface area contributed by atoms with Crippen molar-refractivity contribution < 1.29 is 9.59 Å². The zero-order valence-corrected chi connectivity index (χ0v) is 10.9. The molecule has 2 amide bonds. The zero-order valence-electron chi connectivity index (χ0n) is 10.9. The van der Waals surface area contributed by atoms with E-state index < -0.39 is 5.54 Å². The van der Waals surface area contributed by atoms with Gasteiger partial charge in [-0.3, -0.25) is 9.59 Å². The predicted molar refractivity (Wildman–Crippen MR) is 63.8 cm³/mol. The number of nitrogens with zero attached hydrogens (tertiary/aromatic N) is 2. The molecule has 0 aliphatic heterocycles. The second kappa shape index (κ2) is 5.84. The third-order valence-corrected chi connectivity index (χ3v) is 2.16. The van der Waals surface area contributed by atoms with E-state index in [2.05, 4.69) is 0 Å². The topological polar surface area (TPSA) is 66.6 Å². The quantitative estimate of drug-likeness (QED) is 0.724. The second-order valence-electron chi connectivity index (χ2n) is 4.74. The lowest BCUT2D eigenvalue weighted by molar-refractivity contribution is -0.142. The molecule has 0 saturated carbocycles. The highest BCUT2D eigenvalue weighted by atomic mass is 16.2. The Morgan fingerprint density at radius 1 is 1.25 bits per heavy atom.